The zero-order valence-electron chi connectivity index (χ0n) is 12.0. The van der Waals surface area contributed by atoms with Gasteiger partial charge in [-0.05, 0) is 24.5 Å². The fourth-order valence-corrected chi connectivity index (χ4v) is 2.62. The van der Waals surface area contributed by atoms with Crippen molar-refractivity contribution in [2.45, 2.75) is 32.7 Å². The monoisotopic (exact) mass is 290 g/mol. The van der Waals surface area contributed by atoms with E-state index in [2.05, 4.69) is 0 Å². The molecule has 2 N–H and O–H groups in total. The van der Waals surface area contributed by atoms with Crippen LogP contribution >= 0.6 is 0 Å². The molecule has 0 bridgehead atoms. The van der Waals surface area contributed by atoms with Crippen molar-refractivity contribution in [1.29, 1.82) is 0 Å². The molecule has 0 unspecified atom stereocenters. The van der Waals surface area contributed by atoms with E-state index in [1.807, 2.05) is 13.8 Å². The van der Waals surface area contributed by atoms with E-state index >= 15 is 0 Å². The van der Waals surface area contributed by atoms with Crippen LogP contribution in [-0.2, 0) is 4.79 Å². The number of nitrogens with zero attached hydrogens (tertiary/aromatic N) is 1. The van der Waals surface area contributed by atoms with E-state index in [0.29, 0.717) is 17.5 Å². The zero-order chi connectivity index (χ0) is 15.6. The summed E-state index contributed by atoms with van der Waals surface area (Å²) in [5.41, 5.74) is 2.28. The van der Waals surface area contributed by atoms with Crippen LogP contribution in [0.3, 0.4) is 0 Å². The molecule has 1 aromatic rings. The summed E-state index contributed by atoms with van der Waals surface area (Å²) in [5, 5.41) is 8.68. The molecule has 0 radical (unpaired) electrons. The Balaban J connectivity index is 2.31. The van der Waals surface area contributed by atoms with Crippen LogP contribution < -0.4 is 5.48 Å². The van der Waals surface area contributed by atoms with Gasteiger partial charge in [-0.15, -0.1) is 0 Å². The van der Waals surface area contributed by atoms with Crippen LogP contribution in [-0.4, -0.2) is 33.9 Å². The molecule has 6 heteroatoms. The maximum atomic E-state index is 12.4. The first-order valence-electron chi connectivity index (χ1n) is 6.85. The highest BCUT2D eigenvalue weighted by Gasteiger charge is 2.40. The minimum Gasteiger partial charge on any atom is -0.289 e. The highest BCUT2D eigenvalue weighted by molar-refractivity contribution is 6.21. The highest BCUT2D eigenvalue weighted by atomic mass is 16.5. The predicted octanol–water partition coefficient (Wildman–Crippen LogP) is 1.59. The second-order valence-electron chi connectivity index (χ2n) is 5.55. The van der Waals surface area contributed by atoms with Crippen molar-refractivity contribution in [2.75, 3.05) is 0 Å². The number of imide groups is 1. The Morgan fingerprint density at radius 1 is 1.19 bits per heavy atom. The molecule has 112 valence electrons. The number of fused-ring (bicyclic) bond motifs is 1. The third-order valence-electron chi connectivity index (χ3n) is 3.48. The molecule has 0 fully saturated rings. The first kappa shape index (κ1) is 15.2. The summed E-state index contributed by atoms with van der Waals surface area (Å²) < 4.78 is 0. The molecule has 0 spiro atoms. The largest absolute Gasteiger partial charge is 0.289 e. The lowest BCUT2D eigenvalue weighted by Gasteiger charge is -2.27. The fourth-order valence-electron chi connectivity index (χ4n) is 2.62. The van der Waals surface area contributed by atoms with Crippen LogP contribution in [0.25, 0.3) is 0 Å². The van der Waals surface area contributed by atoms with Crippen LogP contribution in [0.4, 0.5) is 0 Å². The number of hydrogen-bond donors (Lipinski definition) is 2. The summed E-state index contributed by atoms with van der Waals surface area (Å²) in [6.07, 6.45) is 0.388. The molecule has 1 aliphatic rings. The van der Waals surface area contributed by atoms with Crippen molar-refractivity contribution in [3.05, 3.63) is 35.4 Å². The van der Waals surface area contributed by atoms with Gasteiger partial charge >= 0.3 is 0 Å². The molecule has 1 aliphatic heterocycles. The summed E-state index contributed by atoms with van der Waals surface area (Å²) in [4.78, 5) is 37.4. The Morgan fingerprint density at radius 2 is 1.71 bits per heavy atom. The summed E-state index contributed by atoms with van der Waals surface area (Å²) in [5.74, 6) is -1.18. The van der Waals surface area contributed by atoms with E-state index in [1.54, 1.807) is 29.7 Å². The van der Waals surface area contributed by atoms with E-state index in [-0.39, 0.29) is 24.2 Å². The molecule has 1 atom stereocenters. The van der Waals surface area contributed by atoms with Gasteiger partial charge in [-0.2, -0.15) is 0 Å². The van der Waals surface area contributed by atoms with Gasteiger partial charge in [-0.1, -0.05) is 26.0 Å². The predicted molar refractivity (Wildman–Crippen MR) is 74.7 cm³/mol. The molecular formula is C15H18N2O4. The number of carbonyl (C=O) groups is 3. The molecule has 0 saturated heterocycles. The van der Waals surface area contributed by atoms with Gasteiger partial charge in [0, 0.05) is 12.5 Å². The Labute approximate surface area is 122 Å². The lowest BCUT2D eigenvalue weighted by atomic mass is 9.99. The Kier molecular flexibility index (Phi) is 4.37. The smallest absolute Gasteiger partial charge is 0.261 e. The topological polar surface area (TPSA) is 86.7 Å². The molecular weight excluding hydrogens is 272 g/mol. The van der Waals surface area contributed by atoms with Gasteiger partial charge in [0.15, 0.2) is 0 Å². The number of benzene rings is 1. The first-order chi connectivity index (χ1) is 9.95. The lowest BCUT2D eigenvalue weighted by Crippen LogP contribution is -2.43. The van der Waals surface area contributed by atoms with Crippen LogP contribution in [0.15, 0.2) is 24.3 Å². The van der Waals surface area contributed by atoms with Crippen molar-refractivity contribution in [2.24, 2.45) is 5.92 Å². The number of hydroxylamine groups is 1. The first-order valence-corrected chi connectivity index (χ1v) is 6.85. The minimum atomic E-state index is -0.614. The van der Waals surface area contributed by atoms with Crippen LogP contribution in [0.5, 0.6) is 0 Å². The molecule has 1 aromatic carbocycles. The average Bonchev–Trinajstić information content (AvgIpc) is 2.70. The molecule has 21 heavy (non-hydrogen) atoms. The van der Waals surface area contributed by atoms with Crippen LogP contribution in [0.1, 0.15) is 47.4 Å². The van der Waals surface area contributed by atoms with Gasteiger partial charge in [0.05, 0.1) is 11.1 Å². The second-order valence-corrected chi connectivity index (χ2v) is 5.55. The summed E-state index contributed by atoms with van der Waals surface area (Å²) in [6, 6.07) is 6.04. The Morgan fingerprint density at radius 3 is 2.14 bits per heavy atom. The number of hydrogen-bond acceptors (Lipinski definition) is 4. The van der Waals surface area contributed by atoms with Crippen LogP contribution in [0, 0.1) is 5.92 Å². The third-order valence-corrected chi connectivity index (χ3v) is 3.48. The van der Waals surface area contributed by atoms with Gasteiger partial charge in [-0.25, -0.2) is 5.48 Å². The summed E-state index contributed by atoms with van der Waals surface area (Å²) in [6.45, 7) is 3.89. The molecule has 3 amide bonds. The molecule has 0 aliphatic carbocycles. The van der Waals surface area contributed by atoms with Crippen LogP contribution in [0.2, 0.25) is 0 Å². The minimum absolute atomic E-state index is 0.111. The van der Waals surface area contributed by atoms with E-state index in [0.717, 1.165) is 4.90 Å². The molecule has 6 nitrogen and oxygen atoms in total. The molecule has 0 saturated carbocycles. The van der Waals surface area contributed by atoms with E-state index in [9.17, 15) is 14.4 Å². The maximum absolute atomic E-state index is 12.4. The summed E-state index contributed by atoms with van der Waals surface area (Å²) >= 11 is 0. The van der Waals surface area contributed by atoms with Crippen molar-refractivity contribution in [3.8, 4) is 0 Å². The zero-order valence-corrected chi connectivity index (χ0v) is 12.0. The van der Waals surface area contributed by atoms with Gasteiger partial charge in [0.25, 0.3) is 11.8 Å². The molecule has 0 aromatic heterocycles. The number of amides is 3. The van der Waals surface area contributed by atoms with Gasteiger partial charge < -0.3 is 0 Å². The van der Waals surface area contributed by atoms with Gasteiger partial charge in [0.1, 0.15) is 0 Å². The standard InChI is InChI=1S/C15H18N2O4/c1-9(2)7-10(8-13(18)16-21)17-14(19)11-5-3-4-6-12(11)15(17)20/h3-6,9-10,21H,7-8H2,1-2H3,(H,16,18)/t10-/m0/s1. The lowest BCUT2D eigenvalue weighted by molar-refractivity contribution is -0.130. The molecule has 1 heterocycles. The van der Waals surface area contributed by atoms with Crippen molar-refractivity contribution >= 4 is 17.7 Å². The van der Waals surface area contributed by atoms with Crippen molar-refractivity contribution < 1.29 is 19.6 Å². The highest BCUT2D eigenvalue weighted by Crippen LogP contribution is 2.28. The fraction of sp³-hybridized carbons (Fsp3) is 0.400. The van der Waals surface area contributed by atoms with E-state index in [4.69, 9.17) is 5.21 Å². The maximum Gasteiger partial charge on any atom is 0.261 e. The summed E-state index contributed by atoms with van der Waals surface area (Å²) in [7, 11) is 0. The normalized spacial score (nSPS) is 15.3. The number of carbonyl (C=O) groups excluding carboxylic acids is 3. The van der Waals surface area contributed by atoms with Crippen molar-refractivity contribution in [1.82, 2.24) is 10.4 Å². The van der Waals surface area contributed by atoms with E-state index < -0.39 is 11.9 Å². The molecule has 2 rings (SSSR count). The third kappa shape index (κ3) is 2.95. The average molecular weight is 290 g/mol. The number of nitrogens with one attached hydrogen (secondary N) is 1. The SMILES string of the molecule is CC(C)C[C@@H](CC(=O)NO)N1C(=O)c2ccccc2C1=O. The quantitative estimate of drug-likeness (QED) is 0.490. The van der Waals surface area contributed by atoms with E-state index in [1.165, 1.54) is 0 Å². The van der Waals surface area contributed by atoms with Gasteiger partial charge in [0.2, 0.25) is 5.91 Å². The second kappa shape index (κ2) is 6.05. The van der Waals surface area contributed by atoms with Crippen molar-refractivity contribution in [3.63, 3.8) is 0 Å². The number of rotatable bonds is 5. The Hall–Kier alpha value is -2.21. The Bertz CT molecular complexity index is 548. The van der Waals surface area contributed by atoms with Gasteiger partial charge in [-0.3, -0.25) is 24.5 Å².